The zero-order valence-corrected chi connectivity index (χ0v) is 23.5. The van der Waals surface area contributed by atoms with E-state index in [0.29, 0.717) is 11.9 Å². The number of methoxy groups -OCH3 is 2. The smallest absolute Gasteiger partial charge is 0.144 e. The molecule has 3 aromatic rings. The van der Waals surface area contributed by atoms with Crippen LogP contribution in [0.25, 0.3) is 11.3 Å². The van der Waals surface area contributed by atoms with E-state index in [1.54, 1.807) is 20.5 Å². The third kappa shape index (κ3) is 6.58. The molecule has 0 atom stereocenters. The molecule has 0 amide bonds. The molecule has 0 saturated carbocycles. The molecular formula is C29H40N8O2. The molecule has 0 aliphatic carbocycles. The summed E-state index contributed by atoms with van der Waals surface area (Å²) in [5.41, 5.74) is 6.28. The average Bonchev–Trinajstić information content (AvgIpc) is 2.99. The highest BCUT2D eigenvalue weighted by Crippen LogP contribution is 2.39. The lowest BCUT2D eigenvalue weighted by atomic mass is 10.0. The lowest BCUT2D eigenvalue weighted by Gasteiger charge is -2.38. The van der Waals surface area contributed by atoms with Crippen LogP contribution in [0.1, 0.15) is 18.4 Å². The largest absolute Gasteiger partial charge is 0.494 e. The molecule has 2 aromatic carbocycles. The molecule has 2 heterocycles. The Morgan fingerprint density at radius 2 is 1.79 bits per heavy atom. The number of piperidine rings is 1. The van der Waals surface area contributed by atoms with Crippen LogP contribution >= 0.6 is 0 Å². The van der Waals surface area contributed by atoms with Crippen molar-refractivity contribution in [2.75, 3.05) is 82.5 Å². The fourth-order valence-electron chi connectivity index (χ4n) is 5.07. The number of benzene rings is 2. The van der Waals surface area contributed by atoms with Gasteiger partial charge in [0.25, 0.3) is 0 Å². The Balaban J connectivity index is 1.55. The zero-order valence-electron chi connectivity index (χ0n) is 23.5. The van der Waals surface area contributed by atoms with Crippen molar-refractivity contribution < 1.29 is 9.47 Å². The SMILES string of the molecule is CNc1ccc(-c2cc(Nc3cc(NC)c(N(C)C4CCN(CCOC)CC4)cc3OC)ncn2)cc1C=N. The predicted molar refractivity (Wildman–Crippen MR) is 160 cm³/mol. The Kier molecular flexibility index (Phi) is 9.56. The number of nitrogens with zero attached hydrogens (tertiary/aromatic N) is 4. The summed E-state index contributed by atoms with van der Waals surface area (Å²) in [7, 11) is 9.39. The number of nitrogens with one attached hydrogen (secondary N) is 4. The lowest BCUT2D eigenvalue weighted by Crippen LogP contribution is -2.44. The van der Waals surface area contributed by atoms with E-state index < -0.39 is 0 Å². The van der Waals surface area contributed by atoms with Crippen LogP contribution in [-0.4, -0.2) is 88.7 Å². The second kappa shape index (κ2) is 13.3. The topological polar surface area (TPSA) is 111 Å². The van der Waals surface area contributed by atoms with Gasteiger partial charge in [-0.15, -0.1) is 0 Å². The Morgan fingerprint density at radius 1 is 1.03 bits per heavy atom. The van der Waals surface area contributed by atoms with E-state index in [1.165, 1.54) is 6.21 Å². The third-order valence-electron chi connectivity index (χ3n) is 7.39. The van der Waals surface area contributed by atoms with Gasteiger partial charge in [0.05, 0.1) is 36.5 Å². The van der Waals surface area contributed by atoms with E-state index in [0.717, 1.165) is 84.4 Å². The first-order valence-electron chi connectivity index (χ1n) is 13.3. The number of anilines is 5. The lowest BCUT2D eigenvalue weighted by molar-refractivity contribution is 0.130. The summed E-state index contributed by atoms with van der Waals surface area (Å²) in [6.45, 7) is 3.90. The standard InChI is InChI=1S/C29H40N8O2/c1-31-23-7-6-20(14-21(23)18-30)24-16-29(34-19-33-24)35-26-15-25(32-2)27(17-28(26)39-5)36(3)22-8-10-37(11-9-22)12-13-38-4/h6-7,14-19,22,30-32H,8-13H2,1-5H3,(H,33,34,35). The van der Waals surface area contributed by atoms with Gasteiger partial charge in [-0.05, 0) is 31.0 Å². The van der Waals surface area contributed by atoms with Crippen molar-refractivity contribution in [1.29, 1.82) is 5.41 Å². The molecule has 10 nitrogen and oxygen atoms in total. The number of rotatable bonds is 12. The summed E-state index contributed by atoms with van der Waals surface area (Å²) in [6.07, 6.45) is 5.08. The Labute approximate surface area is 231 Å². The van der Waals surface area contributed by atoms with E-state index in [1.807, 2.05) is 38.4 Å². The fraction of sp³-hybridized carbons (Fsp3) is 0.414. The summed E-state index contributed by atoms with van der Waals surface area (Å²) in [4.78, 5) is 13.7. The summed E-state index contributed by atoms with van der Waals surface area (Å²) >= 11 is 0. The van der Waals surface area contributed by atoms with Crippen molar-refractivity contribution >= 4 is 34.8 Å². The highest BCUT2D eigenvalue weighted by Gasteiger charge is 2.25. The quantitative estimate of drug-likeness (QED) is 0.250. The average molecular weight is 533 g/mol. The highest BCUT2D eigenvalue weighted by molar-refractivity contribution is 5.88. The summed E-state index contributed by atoms with van der Waals surface area (Å²) in [6, 6.07) is 12.4. The predicted octanol–water partition coefficient (Wildman–Crippen LogP) is 4.52. The van der Waals surface area contributed by atoms with Gasteiger partial charge >= 0.3 is 0 Å². The van der Waals surface area contributed by atoms with Gasteiger partial charge in [0, 0.05) is 89.1 Å². The minimum Gasteiger partial charge on any atom is -0.494 e. The first kappa shape index (κ1) is 28.1. The zero-order chi connectivity index (χ0) is 27.8. The second-order valence-corrected chi connectivity index (χ2v) is 9.61. The minimum atomic E-state index is 0.448. The van der Waals surface area contributed by atoms with Crippen molar-refractivity contribution in [3.05, 3.63) is 48.3 Å². The van der Waals surface area contributed by atoms with Crippen LogP contribution in [0.3, 0.4) is 0 Å². The summed E-state index contributed by atoms with van der Waals surface area (Å²) < 4.78 is 11.1. The monoisotopic (exact) mass is 532 g/mol. The van der Waals surface area contributed by atoms with Gasteiger partial charge < -0.3 is 40.6 Å². The first-order chi connectivity index (χ1) is 19.0. The molecule has 0 bridgehead atoms. The van der Waals surface area contributed by atoms with E-state index >= 15 is 0 Å². The second-order valence-electron chi connectivity index (χ2n) is 9.61. The van der Waals surface area contributed by atoms with Gasteiger partial charge in [-0.25, -0.2) is 9.97 Å². The number of ether oxygens (including phenoxy) is 2. The number of hydrogen-bond acceptors (Lipinski definition) is 10. The number of likely N-dealkylation sites (tertiary alicyclic amines) is 1. The maximum atomic E-state index is 7.73. The van der Waals surface area contributed by atoms with E-state index in [2.05, 4.69) is 54.9 Å². The Hall–Kier alpha value is -3.89. The molecule has 1 fully saturated rings. The number of aromatic nitrogens is 2. The molecule has 208 valence electrons. The molecule has 0 radical (unpaired) electrons. The Bertz CT molecular complexity index is 1260. The molecule has 1 aliphatic rings. The van der Waals surface area contributed by atoms with Crippen LogP contribution in [0.5, 0.6) is 5.75 Å². The van der Waals surface area contributed by atoms with Crippen LogP contribution in [-0.2, 0) is 4.74 Å². The molecule has 4 rings (SSSR count). The van der Waals surface area contributed by atoms with Gasteiger partial charge in [0.1, 0.15) is 17.9 Å². The van der Waals surface area contributed by atoms with Gasteiger partial charge in [0.2, 0.25) is 0 Å². The van der Waals surface area contributed by atoms with Crippen LogP contribution < -0.4 is 25.6 Å². The molecule has 39 heavy (non-hydrogen) atoms. The third-order valence-corrected chi connectivity index (χ3v) is 7.39. The molecular weight excluding hydrogens is 492 g/mol. The van der Waals surface area contributed by atoms with Crippen molar-refractivity contribution in [3.63, 3.8) is 0 Å². The molecule has 4 N–H and O–H groups in total. The van der Waals surface area contributed by atoms with Crippen LogP contribution in [0, 0.1) is 5.41 Å². The minimum absolute atomic E-state index is 0.448. The van der Waals surface area contributed by atoms with Crippen molar-refractivity contribution in [2.45, 2.75) is 18.9 Å². The Morgan fingerprint density at radius 3 is 2.46 bits per heavy atom. The summed E-state index contributed by atoms with van der Waals surface area (Å²) in [5, 5.41) is 17.6. The first-order valence-corrected chi connectivity index (χ1v) is 13.3. The van der Waals surface area contributed by atoms with E-state index in [4.69, 9.17) is 14.9 Å². The van der Waals surface area contributed by atoms with Crippen molar-refractivity contribution in [1.82, 2.24) is 14.9 Å². The molecule has 1 aromatic heterocycles. The molecule has 0 unspecified atom stereocenters. The van der Waals surface area contributed by atoms with Gasteiger partial charge in [0.15, 0.2) is 0 Å². The maximum absolute atomic E-state index is 7.73. The van der Waals surface area contributed by atoms with Crippen molar-refractivity contribution in [2.24, 2.45) is 0 Å². The van der Waals surface area contributed by atoms with E-state index in [-0.39, 0.29) is 0 Å². The normalized spacial score (nSPS) is 14.1. The van der Waals surface area contributed by atoms with Crippen LogP contribution in [0.4, 0.5) is 28.6 Å². The molecule has 10 heteroatoms. The van der Waals surface area contributed by atoms with Crippen molar-refractivity contribution in [3.8, 4) is 17.0 Å². The number of hydrogen-bond donors (Lipinski definition) is 4. The fourth-order valence-corrected chi connectivity index (χ4v) is 5.07. The summed E-state index contributed by atoms with van der Waals surface area (Å²) in [5.74, 6) is 1.39. The molecule has 1 saturated heterocycles. The molecule has 0 spiro atoms. The van der Waals surface area contributed by atoms with Gasteiger partial charge in [-0.1, -0.05) is 6.07 Å². The van der Waals surface area contributed by atoms with Crippen LogP contribution in [0.15, 0.2) is 42.7 Å². The van der Waals surface area contributed by atoms with Crippen LogP contribution in [0.2, 0.25) is 0 Å². The maximum Gasteiger partial charge on any atom is 0.144 e. The van der Waals surface area contributed by atoms with E-state index in [9.17, 15) is 0 Å². The highest BCUT2D eigenvalue weighted by atomic mass is 16.5. The van der Waals surface area contributed by atoms with Gasteiger partial charge in [-0.2, -0.15) is 0 Å². The van der Waals surface area contributed by atoms with Gasteiger partial charge in [-0.3, -0.25) is 0 Å². The molecule has 1 aliphatic heterocycles.